The van der Waals surface area contributed by atoms with Gasteiger partial charge < -0.3 is 21.3 Å². The molecule has 0 fully saturated rings. The number of hydrogen-bond acceptors (Lipinski definition) is 6. The molecule has 1 aliphatic rings. The van der Waals surface area contributed by atoms with E-state index in [-0.39, 0.29) is 71.5 Å². The average Bonchev–Trinajstić information content (AvgIpc) is 2.97. The monoisotopic (exact) mass is 610 g/mol. The molecule has 2 heterocycles. The quantitative estimate of drug-likeness (QED) is 0.235. The molecule has 42 heavy (non-hydrogen) atoms. The highest BCUT2D eigenvalue weighted by Gasteiger charge is 2.32. The zero-order valence-electron chi connectivity index (χ0n) is 23.7. The van der Waals surface area contributed by atoms with Crippen molar-refractivity contribution in [3.63, 3.8) is 0 Å². The van der Waals surface area contributed by atoms with Gasteiger partial charge in [-0.2, -0.15) is 0 Å². The number of carbonyl (C=O) groups excluding carboxylic acids is 2. The van der Waals surface area contributed by atoms with Gasteiger partial charge in [-0.05, 0) is 55.8 Å². The molecule has 0 saturated carbocycles. The molecule has 2 amide bonds. The van der Waals surface area contributed by atoms with Crippen LogP contribution in [0.4, 0.5) is 5.95 Å². The molecule has 1 aromatic heterocycles. The van der Waals surface area contributed by atoms with Crippen LogP contribution in [0.1, 0.15) is 52.7 Å². The predicted molar refractivity (Wildman–Crippen MR) is 165 cm³/mol. The molecule has 5 N–H and O–H groups in total. The lowest BCUT2D eigenvalue weighted by Crippen LogP contribution is -2.46. The number of amides is 2. The van der Waals surface area contributed by atoms with Gasteiger partial charge in [-0.3, -0.25) is 19.8 Å². The largest absolute Gasteiger partial charge is 0.386 e. The molecule has 11 nitrogen and oxygen atoms in total. The van der Waals surface area contributed by atoms with Gasteiger partial charge in [-0.25, -0.2) is 14.5 Å². The highest BCUT2D eigenvalue weighted by Crippen LogP contribution is 2.27. The van der Waals surface area contributed by atoms with Crippen LogP contribution in [-0.2, 0) is 13.0 Å². The summed E-state index contributed by atoms with van der Waals surface area (Å²) in [5, 5.41) is 14.3. The fourth-order valence-corrected chi connectivity index (χ4v) is 4.78. The molecule has 0 saturated heterocycles. The highest BCUT2D eigenvalue weighted by molar-refractivity contribution is 6.42. The highest BCUT2D eigenvalue weighted by atomic mass is 35.5. The van der Waals surface area contributed by atoms with Gasteiger partial charge in [-0.1, -0.05) is 37.0 Å². The molecule has 0 spiro atoms. The van der Waals surface area contributed by atoms with E-state index in [2.05, 4.69) is 15.6 Å². The van der Waals surface area contributed by atoms with E-state index in [0.717, 1.165) is 0 Å². The number of nitrogens with two attached hydrogens (primary N) is 1. The Morgan fingerprint density at radius 2 is 1.81 bits per heavy atom. The fraction of sp³-hybridized carbons (Fsp3) is 0.310. The average molecular weight is 612 g/mol. The Balaban J connectivity index is 1.75. The Kier molecular flexibility index (Phi) is 9.33. The number of nitrogens with one attached hydrogen (secondary N) is 3. The lowest BCUT2D eigenvalue weighted by Gasteiger charge is -2.34. The number of aliphatic imine (C=N–C) groups is 1. The standard InChI is InChI=1S/C29H32Cl2N8O3/c1-15(2)25(33)37-24(32)13-35-29-36-23-14-38(27(41)18-7-10-21(30)22(31)12-18)16(3)11-20(23)28(42)39(29)19-8-5-17(6-9-19)26(40)34-4/h5-10,12,15-16H,11,13-14H2,1-4H3,(H,34,40)(H,35,36)(H3,32,33,37)/t16-/m1/s1. The van der Waals surface area contributed by atoms with Gasteiger partial charge in [0.25, 0.3) is 17.4 Å². The molecule has 13 heteroatoms. The third-order valence-corrected chi connectivity index (χ3v) is 7.63. The molecule has 0 aliphatic carbocycles. The summed E-state index contributed by atoms with van der Waals surface area (Å²) in [7, 11) is 1.54. The van der Waals surface area contributed by atoms with Crippen LogP contribution in [-0.4, -0.2) is 57.6 Å². The van der Waals surface area contributed by atoms with E-state index < -0.39 is 0 Å². The van der Waals surface area contributed by atoms with Gasteiger partial charge in [0.05, 0.1) is 34.5 Å². The van der Waals surface area contributed by atoms with E-state index in [1.807, 2.05) is 20.8 Å². The maximum absolute atomic E-state index is 14.0. The Bertz CT molecular complexity index is 1630. The SMILES string of the molecule is CNC(=O)c1ccc(-n2c(NCC(N)=NC(=N)C(C)C)nc3c(c2=O)C[C@@H](C)N(C(=O)c2ccc(Cl)c(Cl)c2)C3)cc1. The summed E-state index contributed by atoms with van der Waals surface area (Å²) in [6.45, 7) is 5.65. The van der Waals surface area contributed by atoms with Crippen LogP contribution < -0.4 is 21.9 Å². The Morgan fingerprint density at radius 3 is 2.43 bits per heavy atom. The predicted octanol–water partition coefficient (Wildman–Crippen LogP) is 3.89. The Hall–Kier alpha value is -4.22. The van der Waals surface area contributed by atoms with Crippen LogP contribution in [0.15, 0.2) is 52.3 Å². The van der Waals surface area contributed by atoms with Crippen molar-refractivity contribution in [2.24, 2.45) is 16.6 Å². The number of hydrogen-bond donors (Lipinski definition) is 4. The van der Waals surface area contributed by atoms with E-state index in [1.54, 1.807) is 41.3 Å². The number of rotatable bonds is 7. The third kappa shape index (κ3) is 6.47. The van der Waals surface area contributed by atoms with Gasteiger partial charge in [0.15, 0.2) is 0 Å². The molecule has 4 rings (SSSR count). The number of nitrogens with zero attached hydrogens (tertiary/aromatic N) is 4. The maximum Gasteiger partial charge on any atom is 0.263 e. The number of anilines is 1. The van der Waals surface area contributed by atoms with Gasteiger partial charge in [0.1, 0.15) is 11.7 Å². The van der Waals surface area contributed by atoms with E-state index >= 15 is 0 Å². The van der Waals surface area contributed by atoms with Crippen LogP contribution in [0.3, 0.4) is 0 Å². The topological polar surface area (TPSA) is 159 Å². The normalized spacial score (nSPS) is 14.9. The second-order valence-corrected chi connectivity index (χ2v) is 11.1. The maximum atomic E-state index is 14.0. The van der Waals surface area contributed by atoms with Crippen molar-refractivity contribution in [1.29, 1.82) is 5.41 Å². The van der Waals surface area contributed by atoms with E-state index in [0.29, 0.717) is 33.1 Å². The first-order valence-electron chi connectivity index (χ1n) is 13.3. The number of benzene rings is 2. The number of aromatic nitrogens is 2. The summed E-state index contributed by atoms with van der Waals surface area (Å²) in [5.41, 5.74) is 7.97. The summed E-state index contributed by atoms with van der Waals surface area (Å²) in [6.07, 6.45) is 0.278. The van der Waals surface area contributed by atoms with Crippen molar-refractivity contribution in [2.75, 3.05) is 18.9 Å². The lowest BCUT2D eigenvalue weighted by atomic mass is 9.98. The van der Waals surface area contributed by atoms with Crippen LogP contribution in [0.25, 0.3) is 5.69 Å². The van der Waals surface area contributed by atoms with Crippen LogP contribution in [0.2, 0.25) is 10.0 Å². The Morgan fingerprint density at radius 1 is 1.14 bits per heavy atom. The molecule has 1 atom stereocenters. The lowest BCUT2D eigenvalue weighted by molar-refractivity contribution is 0.0653. The van der Waals surface area contributed by atoms with Crippen molar-refractivity contribution in [3.05, 3.63) is 85.2 Å². The number of fused-ring (bicyclic) bond motifs is 1. The van der Waals surface area contributed by atoms with E-state index in [9.17, 15) is 14.4 Å². The van der Waals surface area contributed by atoms with E-state index in [1.165, 1.54) is 17.7 Å². The van der Waals surface area contributed by atoms with Crippen molar-refractivity contribution in [1.82, 2.24) is 19.8 Å². The second kappa shape index (κ2) is 12.7. The summed E-state index contributed by atoms with van der Waals surface area (Å²) in [4.78, 5) is 50.0. The van der Waals surface area contributed by atoms with Crippen molar-refractivity contribution < 1.29 is 9.59 Å². The minimum absolute atomic E-state index is 0.0129. The molecule has 1 aliphatic heterocycles. The van der Waals surface area contributed by atoms with E-state index in [4.69, 9.17) is 39.3 Å². The number of halogens is 2. The first-order chi connectivity index (χ1) is 19.9. The van der Waals surface area contributed by atoms with Gasteiger partial charge >= 0.3 is 0 Å². The molecule has 2 aromatic carbocycles. The zero-order valence-corrected chi connectivity index (χ0v) is 25.2. The molecule has 0 unspecified atom stereocenters. The third-order valence-electron chi connectivity index (χ3n) is 6.89. The van der Waals surface area contributed by atoms with Crippen LogP contribution >= 0.6 is 23.2 Å². The van der Waals surface area contributed by atoms with Crippen LogP contribution in [0, 0.1) is 11.3 Å². The minimum Gasteiger partial charge on any atom is -0.386 e. The van der Waals surface area contributed by atoms with Gasteiger partial charge in [0, 0.05) is 35.7 Å². The summed E-state index contributed by atoms with van der Waals surface area (Å²) in [5.74, 6) is -0.179. The summed E-state index contributed by atoms with van der Waals surface area (Å²) in [6, 6.07) is 10.9. The molecule has 220 valence electrons. The molecule has 0 radical (unpaired) electrons. The van der Waals surface area contributed by atoms with Gasteiger partial charge in [0.2, 0.25) is 5.95 Å². The Labute approximate surface area is 253 Å². The smallest absolute Gasteiger partial charge is 0.263 e. The second-order valence-electron chi connectivity index (χ2n) is 10.2. The first kappa shape index (κ1) is 30.7. The van der Waals surface area contributed by atoms with Crippen LogP contribution in [0.5, 0.6) is 0 Å². The van der Waals surface area contributed by atoms with Crippen molar-refractivity contribution in [3.8, 4) is 5.69 Å². The van der Waals surface area contributed by atoms with Crippen molar-refractivity contribution in [2.45, 2.75) is 39.8 Å². The summed E-state index contributed by atoms with van der Waals surface area (Å²) >= 11 is 12.2. The molecule has 3 aromatic rings. The fourth-order valence-electron chi connectivity index (χ4n) is 4.48. The summed E-state index contributed by atoms with van der Waals surface area (Å²) < 4.78 is 1.41. The molecular formula is C29H32Cl2N8O3. The van der Waals surface area contributed by atoms with Gasteiger partial charge in [-0.15, -0.1) is 0 Å². The minimum atomic E-state index is -0.311. The number of amidine groups is 2. The zero-order chi connectivity index (χ0) is 30.7. The number of carbonyl (C=O) groups is 2. The van der Waals surface area contributed by atoms with Crippen molar-refractivity contribution >= 4 is 52.6 Å². The molecular weight excluding hydrogens is 579 g/mol. The molecule has 0 bridgehead atoms. The first-order valence-corrected chi connectivity index (χ1v) is 14.1.